The van der Waals surface area contributed by atoms with Gasteiger partial charge in [-0.05, 0) is 32.1 Å². The zero-order valence-corrected chi connectivity index (χ0v) is 37.9. The summed E-state index contributed by atoms with van der Waals surface area (Å²) in [4.78, 5) is 67.0. The molecule has 0 aromatic carbocycles. The number of aromatic amines is 1. The van der Waals surface area contributed by atoms with Gasteiger partial charge in [0, 0.05) is 19.5 Å². The molecule has 7 unspecified atom stereocenters. The first-order valence-corrected chi connectivity index (χ1v) is 24.2. The second kappa shape index (κ2) is 26.4. The van der Waals surface area contributed by atoms with E-state index in [0.29, 0.717) is 33.0 Å². The molecular weight excluding hydrogens is 944 g/mol. The SMILES string of the molecule is Nc1nc2c(ncn2[C@@H]2O[C@H](COP(=O)(O)OP(=O)(O)O[C@H]3OC(CNC(=O)CCOCCOCCOCCOCCNC(=O)OC4CC/C=C/CCC4)[C@@H](O)C(O)C3O)[C@H](O)C2O)c(=O)[nH]1. The number of aromatic nitrogens is 4. The molecule has 12 N–H and O–H groups in total. The fraction of sp³-hybridized carbons (Fsp3) is 0.750. The number of nitrogens with two attached hydrogens (primary N) is 1. The Labute approximate surface area is 382 Å². The van der Waals surface area contributed by atoms with Crippen LogP contribution in [0.4, 0.5) is 10.7 Å². The molecule has 2 fully saturated rings. The molecule has 0 saturated carbocycles. The highest BCUT2D eigenvalue weighted by Gasteiger charge is 2.50. The topological polar surface area (TPSA) is 416 Å². The maximum absolute atomic E-state index is 12.8. The minimum Gasteiger partial charge on any atom is -0.446 e. The average molecular weight is 1000 g/mol. The van der Waals surface area contributed by atoms with Crippen molar-refractivity contribution >= 4 is 44.8 Å². The summed E-state index contributed by atoms with van der Waals surface area (Å²) in [7, 11) is -11.3. The Morgan fingerprint density at radius 3 is 2.19 bits per heavy atom. The van der Waals surface area contributed by atoms with E-state index in [-0.39, 0.29) is 56.1 Å². The van der Waals surface area contributed by atoms with Gasteiger partial charge in [-0.1, -0.05) is 12.2 Å². The fourth-order valence-corrected chi connectivity index (χ4v) is 8.92. The van der Waals surface area contributed by atoms with Crippen molar-refractivity contribution in [2.45, 2.75) is 99.9 Å². The summed E-state index contributed by atoms with van der Waals surface area (Å²) in [6.45, 7) is 0.594. The molecule has 1 aliphatic carbocycles. The lowest BCUT2D eigenvalue weighted by Gasteiger charge is -2.40. The van der Waals surface area contributed by atoms with Crippen LogP contribution >= 0.6 is 15.6 Å². The number of allylic oxidation sites excluding steroid dienone is 2. The first-order chi connectivity index (χ1) is 31.9. The maximum atomic E-state index is 12.8. The standard InChI is InChI=1S/C36H59N7O22P2/c37-35-41-31-25(32(50)42-35)40-20-43(31)33-29(48)27(46)23(62-33)19-60-66(52,53)65-67(54,55)64-34-30(49)28(47)26(45)22(63-34)18-39-24(44)8-10-56-12-14-58-16-17-59-15-13-57-11-9-38-36(51)61-21-6-4-2-1-3-5-7-21/h1-2,20-23,26-30,33-34,45-49H,3-19H2,(H,38,51)(H,39,44)(H,52,53)(H,54,55)(H3,37,41,42,50)/b2-1+/t21?,22?,23-,26-,27+,28?,29?,30?,33-,34-/m1/s1. The molecule has 0 spiro atoms. The summed E-state index contributed by atoms with van der Waals surface area (Å²) in [6.07, 6.45) is -7.35. The number of phosphoric ester groups is 2. The van der Waals surface area contributed by atoms with E-state index in [1.54, 1.807) is 0 Å². The Balaban J connectivity index is 0.906. The number of hydrogen-bond acceptors (Lipinski definition) is 23. The van der Waals surface area contributed by atoms with Crippen molar-refractivity contribution in [1.82, 2.24) is 30.2 Å². The number of nitrogen functional groups attached to an aromatic ring is 1. The number of nitrogens with one attached hydrogen (secondary N) is 3. The van der Waals surface area contributed by atoms with Crippen LogP contribution in [0.2, 0.25) is 0 Å². The zero-order chi connectivity index (χ0) is 48.6. The van der Waals surface area contributed by atoms with E-state index in [4.69, 9.17) is 43.4 Å². The van der Waals surface area contributed by atoms with Crippen molar-refractivity contribution in [2.24, 2.45) is 0 Å². The van der Waals surface area contributed by atoms with Crippen LogP contribution < -0.4 is 21.9 Å². The molecule has 0 bridgehead atoms. The van der Waals surface area contributed by atoms with Crippen molar-refractivity contribution in [3.05, 3.63) is 28.8 Å². The lowest BCUT2D eigenvalue weighted by atomic mass is 9.99. The summed E-state index contributed by atoms with van der Waals surface area (Å²) in [6, 6.07) is 0. The van der Waals surface area contributed by atoms with E-state index in [2.05, 4.69) is 46.6 Å². The van der Waals surface area contributed by atoms with Crippen LogP contribution in [0.5, 0.6) is 0 Å². The largest absolute Gasteiger partial charge is 0.483 e. The van der Waals surface area contributed by atoms with Crippen molar-refractivity contribution in [2.75, 3.05) is 78.3 Å². The minimum atomic E-state index is -5.73. The normalized spacial score (nSPS) is 29.1. The van der Waals surface area contributed by atoms with Gasteiger partial charge < -0.3 is 84.8 Å². The van der Waals surface area contributed by atoms with E-state index >= 15 is 0 Å². The predicted octanol–water partition coefficient (Wildman–Crippen LogP) is -2.43. The molecule has 29 nitrogen and oxygen atoms in total. The minimum absolute atomic E-state index is 0.0344. The van der Waals surface area contributed by atoms with Gasteiger partial charge in [0.05, 0.1) is 65.8 Å². The highest BCUT2D eigenvalue weighted by Crippen LogP contribution is 2.61. The second-order valence-corrected chi connectivity index (χ2v) is 18.2. The number of rotatable bonds is 26. The zero-order valence-electron chi connectivity index (χ0n) is 36.1. The average Bonchev–Trinajstić information content (AvgIpc) is 3.80. The van der Waals surface area contributed by atoms with Gasteiger partial charge in [0.25, 0.3) is 5.56 Å². The van der Waals surface area contributed by atoms with Crippen molar-refractivity contribution in [1.29, 1.82) is 0 Å². The number of imidazole rings is 1. The number of hydrogen-bond donors (Lipinski definition) is 11. The number of carbonyl (C=O) groups excluding carboxylic acids is 2. The summed E-state index contributed by atoms with van der Waals surface area (Å²) in [5, 5.41) is 57.3. The molecule has 12 atom stereocenters. The van der Waals surface area contributed by atoms with Crippen LogP contribution in [-0.4, -0.2) is 195 Å². The number of aliphatic hydroxyl groups excluding tert-OH is 5. The van der Waals surface area contributed by atoms with Crippen LogP contribution in [0.15, 0.2) is 23.3 Å². The van der Waals surface area contributed by atoms with Crippen LogP contribution in [0.3, 0.4) is 0 Å². The number of aliphatic hydroxyl groups is 5. The highest BCUT2D eigenvalue weighted by molar-refractivity contribution is 7.61. The molecule has 2 aliphatic heterocycles. The first-order valence-electron chi connectivity index (χ1n) is 21.2. The van der Waals surface area contributed by atoms with Crippen LogP contribution in [0.1, 0.15) is 44.8 Å². The number of H-pyrrole nitrogens is 1. The summed E-state index contributed by atoms with van der Waals surface area (Å²) < 4.78 is 78.1. The molecule has 2 aromatic heterocycles. The Hall–Kier alpha value is -3.55. The van der Waals surface area contributed by atoms with E-state index < -0.39 is 102 Å². The Kier molecular flexibility index (Phi) is 21.5. The molecule has 67 heavy (non-hydrogen) atoms. The molecule has 0 radical (unpaired) electrons. The van der Waals surface area contributed by atoms with Crippen molar-refractivity contribution in [3.63, 3.8) is 0 Å². The lowest BCUT2D eigenvalue weighted by Crippen LogP contribution is -2.60. The Morgan fingerprint density at radius 2 is 1.48 bits per heavy atom. The quantitative estimate of drug-likeness (QED) is 0.0265. The van der Waals surface area contributed by atoms with Gasteiger partial charge >= 0.3 is 21.7 Å². The molecule has 4 heterocycles. The van der Waals surface area contributed by atoms with Gasteiger partial charge in [0.1, 0.15) is 48.8 Å². The van der Waals surface area contributed by atoms with Crippen LogP contribution in [0.25, 0.3) is 11.2 Å². The third-order valence-corrected chi connectivity index (χ3v) is 12.8. The van der Waals surface area contributed by atoms with Crippen LogP contribution in [-0.2, 0) is 60.4 Å². The monoisotopic (exact) mass is 1000 g/mol. The van der Waals surface area contributed by atoms with Crippen molar-refractivity contribution in [3.8, 4) is 0 Å². The first kappa shape index (κ1) is 54.4. The van der Waals surface area contributed by atoms with E-state index in [1.165, 1.54) is 0 Å². The second-order valence-electron chi connectivity index (χ2n) is 15.2. The number of nitrogens with zero attached hydrogens (tertiary/aromatic N) is 3. The maximum Gasteiger partial charge on any atom is 0.483 e. The van der Waals surface area contributed by atoms with E-state index in [9.17, 15) is 58.8 Å². The number of anilines is 1. The number of carbonyl (C=O) groups is 2. The molecule has 2 saturated heterocycles. The molecule has 31 heteroatoms. The predicted molar refractivity (Wildman–Crippen MR) is 224 cm³/mol. The number of fused-ring (bicyclic) bond motifs is 1. The van der Waals surface area contributed by atoms with Gasteiger partial charge in [-0.15, -0.1) is 0 Å². The highest BCUT2D eigenvalue weighted by atomic mass is 31.3. The third-order valence-electron chi connectivity index (χ3n) is 10.2. The van der Waals surface area contributed by atoms with Crippen LogP contribution in [0, 0.1) is 0 Å². The Morgan fingerprint density at radius 1 is 0.821 bits per heavy atom. The van der Waals surface area contributed by atoms with Gasteiger partial charge in [0.15, 0.2) is 23.7 Å². The number of phosphoric acid groups is 2. The van der Waals surface area contributed by atoms with Gasteiger partial charge in [0.2, 0.25) is 11.9 Å². The molecular formula is C36H59N7O22P2. The fourth-order valence-electron chi connectivity index (χ4n) is 6.76. The molecule has 5 rings (SSSR count). The summed E-state index contributed by atoms with van der Waals surface area (Å²) in [5.41, 5.74) is 4.55. The molecule has 3 aliphatic rings. The molecule has 2 aromatic rings. The number of alkyl carbamates (subject to hydrolysis) is 1. The smallest absolute Gasteiger partial charge is 0.446 e. The summed E-state index contributed by atoms with van der Waals surface area (Å²) in [5.74, 6) is -0.888. The Bertz CT molecular complexity index is 2070. The lowest BCUT2D eigenvalue weighted by molar-refractivity contribution is -0.273. The molecule has 2 amide bonds. The number of amides is 2. The van der Waals surface area contributed by atoms with E-state index in [0.717, 1.165) is 43.0 Å². The summed E-state index contributed by atoms with van der Waals surface area (Å²) >= 11 is 0. The van der Waals surface area contributed by atoms with Gasteiger partial charge in [-0.2, -0.15) is 9.29 Å². The molecule has 380 valence electrons. The number of ether oxygens (including phenoxy) is 7. The van der Waals surface area contributed by atoms with Gasteiger partial charge in [-0.25, -0.2) is 18.9 Å². The third kappa shape index (κ3) is 17.1. The van der Waals surface area contributed by atoms with E-state index in [1.807, 2.05) is 0 Å². The van der Waals surface area contributed by atoms with Gasteiger partial charge in [-0.3, -0.25) is 28.2 Å². The van der Waals surface area contributed by atoms with Crippen molar-refractivity contribution < 1.29 is 101 Å².